The molecule has 124 valence electrons. The third-order valence-electron chi connectivity index (χ3n) is 3.70. The fraction of sp³-hybridized carbons (Fsp3) is 0.250. The summed E-state index contributed by atoms with van der Waals surface area (Å²) in [5.74, 6) is 0.551. The van der Waals surface area contributed by atoms with Gasteiger partial charge in [-0.3, -0.25) is 15.4 Å². The van der Waals surface area contributed by atoms with Crippen LogP contribution in [0.1, 0.15) is 30.0 Å². The van der Waals surface area contributed by atoms with Gasteiger partial charge in [-0.15, -0.1) is 0 Å². The number of amides is 2. The summed E-state index contributed by atoms with van der Waals surface area (Å²) >= 11 is 0. The van der Waals surface area contributed by atoms with Crippen molar-refractivity contribution in [3.8, 4) is 5.75 Å². The molecule has 2 amide bonds. The fourth-order valence-corrected chi connectivity index (χ4v) is 2.30. The van der Waals surface area contributed by atoms with Gasteiger partial charge in [0.15, 0.2) is 5.75 Å². The maximum atomic E-state index is 11.9. The predicted octanol–water partition coefficient (Wildman–Crippen LogP) is 2.89. The molecule has 3 rings (SSSR count). The first-order valence-electron chi connectivity index (χ1n) is 7.51. The second kappa shape index (κ2) is 6.53. The van der Waals surface area contributed by atoms with Crippen LogP contribution in [0.4, 0.5) is 16.3 Å². The summed E-state index contributed by atoms with van der Waals surface area (Å²) < 4.78 is 0. The number of pyridine rings is 1. The van der Waals surface area contributed by atoms with Crippen LogP contribution < -0.4 is 10.6 Å². The van der Waals surface area contributed by atoms with Crippen LogP contribution in [0.25, 0.3) is 0 Å². The first-order chi connectivity index (χ1) is 11.5. The van der Waals surface area contributed by atoms with E-state index in [1.165, 1.54) is 18.2 Å². The number of nitro groups is 1. The number of hydrogen-bond donors (Lipinski definition) is 3. The minimum absolute atomic E-state index is 0.0925. The number of aromatic hydroxyl groups is 1. The second-order valence-corrected chi connectivity index (χ2v) is 5.61. The van der Waals surface area contributed by atoms with E-state index in [4.69, 9.17) is 0 Å². The van der Waals surface area contributed by atoms with Crippen LogP contribution in [0.5, 0.6) is 5.75 Å². The highest BCUT2D eigenvalue weighted by atomic mass is 16.6. The molecule has 1 aliphatic rings. The monoisotopic (exact) mass is 328 g/mol. The van der Waals surface area contributed by atoms with E-state index < -0.39 is 22.4 Å². The van der Waals surface area contributed by atoms with E-state index >= 15 is 0 Å². The summed E-state index contributed by atoms with van der Waals surface area (Å²) in [6.07, 6.45) is 2.25. The average Bonchev–Trinajstić information content (AvgIpc) is 3.39. The topological polar surface area (TPSA) is 117 Å². The summed E-state index contributed by atoms with van der Waals surface area (Å²) in [5, 5.41) is 25.4. The number of anilines is 1. The third kappa shape index (κ3) is 3.78. The van der Waals surface area contributed by atoms with Gasteiger partial charge in [0.25, 0.3) is 0 Å². The zero-order valence-electron chi connectivity index (χ0n) is 12.7. The highest BCUT2D eigenvalue weighted by Gasteiger charge is 2.25. The Hall–Kier alpha value is -3.16. The van der Waals surface area contributed by atoms with Crippen molar-refractivity contribution in [2.24, 2.45) is 0 Å². The molecule has 8 heteroatoms. The number of nitro benzene ring substituents is 1. The number of urea groups is 1. The van der Waals surface area contributed by atoms with Gasteiger partial charge in [0.05, 0.1) is 4.92 Å². The molecule has 24 heavy (non-hydrogen) atoms. The van der Waals surface area contributed by atoms with Gasteiger partial charge in [0.2, 0.25) is 0 Å². The highest BCUT2D eigenvalue weighted by molar-refractivity contribution is 5.88. The number of benzene rings is 1. The van der Waals surface area contributed by atoms with E-state index in [0.29, 0.717) is 17.3 Å². The number of nitrogens with zero attached hydrogens (tertiary/aromatic N) is 2. The van der Waals surface area contributed by atoms with Gasteiger partial charge in [-0.2, -0.15) is 0 Å². The number of hydrogen-bond acceptors (Lipinski definition) is 5. The van der Waals surface area contributed by atoms with E-state index in [9.17, 15) is 20.0 Å². The smallest absolute Gasteiger partial charge is 0.320 e. The van der Waals surface area contributed by atoms with E-state index in [1.807, 2.05) is 12.1 Å². The Morgan fingerprint density at radius 3 is 2.83 bits per heavy atom. The van der Waals surface area contributed by atoms with Crippen molar-refractivity contribution in [2.45, 2.75) is 25.3 Å². The molecule has 0 atom stereocenters. The Morgan fingerprint density at radius 2 is 2.12 bits per heavy atom. The second-order valence-electron chi connectivity index (χ2n) is 5.61. The maximum Gasteiger partial charge on any atom is 0.320 e. The molecule has 1 aromatic heterocycles. The molecule has 0 aliphatic heterocycles. The molecule has 0 radical (unpaired) electrons. The molecule has 1 aliphatic carbocycles. The van der Waals surface area contributed by atoms with Gasteiger partial charge < -0.3 is 10.4 Å². The molecular formula is C16H16N4O4. The minimum Gasteiger partial charge on any atom is -0.502 e. The van der Waals surface area contributed by atoms with Crippen LogP contribution >= 0.6 is 0 Å². The lowest BCUT2D eigenvalue weighted by Crippen LogP contribution is -2.28. The van der Waals surface area contributed by atoms with Gasteiger partial charge >= 0.3 is 11.7 Å². The zero-order valence-corrected chi connectivity index (χ0v) is 12.7. The molecule has 2 aromatic rings. The summed E-state index contributed by atoms with van der Waals surface area (Å²) in [6, 6.07) is 9.00. The minimum atomic E-state index is -0.674. The van der Waals surface area contributed by atoms with Crippen molar-refractivity contribution in [2.75, 3.05) is 5.32 Å². The standard InChI is InChI=1S/C16H16N4O4/c21-14-7-4-10(8-13(14)20(23)24)9-17-16(22)19-15-3-1-2-12(18-15)11-5-6-11/h1-4,7-8,11,21H,5-6,9H2,(H2,17,18,19,22). The molecule has 8 nitrogen and oxygen atoms in total. The number of aromatic nitrogens is 1. The maximum absolute atomic E-state index is 11.9. The predicted molar refractivity (Wildman–Crippen MR) is 86.8 cm³/mol. The molecule has 0 unspecified atom stereocenters. The highest BCUT2D eigenvalue weighted by Crippen LogP contribution is 2.39. The van der Waals surface area contributed by atoms with Gasteiger partial charge in [0, 0.05) is 24.2 Å². The van der Waals surface area contributed by atoms with Crippen molar-refractivity contribution < 1.29 is 14.8 Å². The number of carbonyl (C=O) groups is 1. The van der Waals surface area contributed by atoms with E-state index in [-0.39, 0.29) is 6.54 Å². The van der Waals surface area contributed by atoms with Crippen molar-refractivity contribution in [3.05, 3.63) is 57.8 Å². The Labute approximate surface area is 137 Å². The van der Waals surface area contributed by atoms with Crippen LogP contribution in [-0.4, -0.2) is 21.0 Å². The molecule has 1 fully saturated rings. The lowest BCUT2D eigenvalue weighted by Gasteiger charge is -2.08. The normalized spacial score (nSPS) is 13.3. The average molecular weight is 328 g/mol. The summed E-state index contributed by atoms with van der Waals surface area (Å²) in [5.41, 5.74) is 1.09. The van der Waals surface area contributed by atoms with Crippen molar-refractivity contribution in [1.82, 2.24) is 10.3 Å². The quantitative estimate of drug-likeness (QED) is 0.576. The summed E-state index contributed by atoms with van der Waals surface area (Å²) in [4.78, 5) is 26.4. The first-order valence-corrected chi connectivity index (χ1v) is 7.51. The van der Waals surface area contributed by atoms with Gasteiger partial charge in [-0.25, -0.2) is 9.78 Å². The van der Waals surface area contributed by atoms with E-state index in [2.05, 4.69) is 15.6 Å². The van der Waals surface area contributed by atoms with Crippen LogP contribution in [0.15, 0.2) is 36.4 Å². The molecule has 0 bridgehead atoms. The molecule has 0 saturated heterocycles. The lowest BCUT2D eigenvalue weighted by molar-refractivity contribution is -0.385. The SMILES string of the molecule is O=C(NCc1ccc(O)c([N+](=O)[O-])c1)Nc1cccc(C2CC2)n1. The zero-order chi connectivity index (χ0) is 17.1. The lowest BCUT2D eigenvalue weighted by atomic mass is 10.2. The van der Waals surface area contributed by atoms with Crippen LogP contribution in [0.2, 0.25) is 0 Å². The molecule has 3 N–H and O–H groups in total. The summed E-state index contributed by atoms with van der Waals surface area (Å²) in [6.45, 7) is 0.0925. The first kappa shape index (κ1) is 15.7. The number of carbonyl (C=O) groups excluding carboxylic acids is 1. The Balaban J connectivity index is 1.58. The summed E-state index contributed by atoms with van der Waals surface area (Å²) in [7, 11) is 0. The number of phenols is 1. The molecule has 1 saturated carbocycles. The Morgan fingerprint density at radius 1 is 1.33 bits per heavy atom. The Bertz CT molecular complexity index is 789. The van der Waals surface area contributed by atoms with Crippen molar-refractivity contribution in [3.63, 3.8) is 0 Å². The number of rotatable bonds is 5. The van der Waals surface area contributed by atoms with E-state index in [0.717, 1.165) is 18.5 Å². The largest absolute Gasteiger partial charge is 0.502 e. The van der Waals surface area contributed by atoms with Crippen molar-refractivity contribution in [1.29, 1.82) is 0 Å². The van der Waals surface area contributed by atoms with Crippen molar-refractivity contribution >= 4 is 17.5 Å². The van der Waals surface area contributed by atoms with Crippen LogP contribution in [-0.2, 0) is 6.54 Å². The number of phenolic OH excluding ortho intramolecular Hbond substituents is 1. The molecule has 0 spiro atoms. The van der Waals surface area contributed by atoms with Gasteiger partial charge in [-0.05, 0) is 36.6 Å². The molecule has 1 heterocycles. The van der Waals surface area contributed by atoms with Crippen LogP contribution in [0.3, 0.4) is 0 Å². The van der Waals surface area contributed by atoms with E-state index in [1.54, 1.807) is 6.07 Å². The Kier molecular flexibility index (Phi) is 4.28. The molecule has 1 aromatic carbocycles. The van der Waals surface area contributed by atoms with Gasteiger partial charge in [0.1, 0.15) is 5.82 Å². The number of nitrogens with one attached hydrogen (secondary N) is 2. The fourth-order valence-electron chi connectivity index (χ4n) is 2.30. The van der Waals surface area contributed by atoms with Crippen LogP contribution in [0, 0.1) is 10.1 Å². The van der Waals surface area contributed by atoms with Gasteiger partial charge in [-0.1, -0.05) is 12.1 Å². The molecular weight excluding hydrogens is 312 g/mol. The third-order valence-corrected chi connectivity index (χ3v) is 3.70.